The fraction of sp³-hybridized carbons (Fsp3) is 0.364. The molecule has 0 aromatic heterocycles. The van der Waals surface area contributed by atoms with Crippen molar-refractivity contribution in [3.05, 3.63) is 23.8 Å². The van der Waals surface area contributed by atoms with Crippen LogP contribution in [0.25, 0.3) is 0 Å². The summed E-state index contributed by atoms with van der Waals surface area (Å²) in [5.41, 5.74) is 6.06. The van der Waals surface area contributed by atoms with Crippen molar-refractivity contribution in [1.29, 1.82) is 5.41 Å². The summed E-state index contributed by atoms with van der Waals surface area (Å²) < 4.78 is 5.09. The second-order valence-electron chi connectivity index (χ2n) is 3.42. The van der Waals surface area contributed by atoms with Crippen LogP contribution in [0.2, 0.25) is 0 Å². The van der Waals surface area contributed by atoms with Crippen molar-refractivity contribution < 1.29 is 14.9 Å². The first kappa shape index (κ1) is 13.8. The fourth-order valence-corrected chi connectivity index (χ4v) is 2.22. The van der Waals surface area contributed by atoms with E-state index in [0.717, 1.165) is 4.90 Å². The maximum atomic E-state index is 9.29. The van der Waals surface area contributed by atoms with Gasteiger partial charge in [0.1, 0.15) is 11.6 Å². The monoisotopic (exact) mass is 256 g/mol. The molecule has 0 heterocycles. The zero-order valence-corrected chi connectivity index (χ0v) is 10.3. The van der Waals surface area contributed by atoms with Crippen LogP contribution in [0, 0.1) is 5.41 Å². The van der Waals surface area contributed by atoms with E-state index < -0.39 is 6.10 Å². The Morgan fingerprint density at radius 2 is 2.29 bits per heavy atom. The second-order valence-corrected chi connectivity index (χ2v) is 4.49. The van der Waals surface area contributed by atoms with Crippen molar-refractivity contribution in [2.45, 2.75) is 11.0 Å². The van der Waals surface area contributed by atoms with Gasteiger partial charge in [-0.25, -0.2) is 0 Å². The van der Waals surface area contributed by atoms with Gasteiger partial charge in [-0.15, -0.1) is 11.8 Å². The van der Waals surface area contributed by atoms with E-state index in [1.807, 2.05) is 0 Å². The normalized spacial score (nSPS) is 12.2. The standard InChI is InChI=1S/C11H16N2O3S/c1-16-8-2-3-9(11(12)13)10(4-8)17-6-7(15)5-14/h2-4,7,14-15H,5-6H2,1H3,(H3,12,13). The topological polar surface area (TPSA) is 99.6 Å². The van der Waals surface area contributed by atoms with Gasteiger partial charge in [0.25, 0.3) is 0 Å². The van der Waals surface area contributed by atoms with Crippen LogP contribution >= 0.6 is 11.8 Å². The molecule has 5 nitrogen and oxygen atoms in total. The van der Waals surface area contributed by atoms with Gasteiger partial charge in [-0.05, 0) is 18.2 Å². The van der Waals surface area contributed by atoms with Crippen molar-refractivity contribution in [2.75, 3.05) is 19.5 Å². The Hall–Kier alpha value is -1.24. The average molecular weight is 256 g/mol. The highest BCUT2D eigenvalue weighted by Gasteiger charge is 2.10. The molecule has 0 radical (unpaired) electrons. The van der Waals surface area contributed by atoms with E-state index in [1.54, 1.807) is 25.3 Å². The Morgan fingerprint density at radius 3 is 2.82 bits per heavy atom. The summed E-state index contributed by atoms with van der Waals surface area (Å²) in [5, 5.41) is 25.5. The third kappa shape index (κ3) is 3.92. The minimum absolute atomic E-state index is 0.0337. The van der Waals surface area contributed by atoms with Gasteiger partial charge in [-0.3, -0.25) is 5.41 Å². The number of ether oxygens (including phenoxy) is 1. The molecule has 0 amide bonds. The molecule has 6 heteroatoms. The highest BCUT2D eigenvalue weighted by molar-refractivity contribution is 7.99. The van der Waals surface area contributed by atoms with Crippen molar-refractivity contribution >= 4 is 17.6 Å². The third-order valence-corrected chi connectivity index (χ3v) is 3.32. The number of nitrogens with one attached hydrogen (secondary N) is 1. The van der Waals surface area contributed by atoms with Gasteiger partial charge < -0.3 is 20.7 Å². The average Bonchev–Trinajstić information content (AvgIpc) is 2.35. The van der Waals surface area contributed by atoms with Crippen molar-refractivity contribution in [2.24, 2.45) is 5.73 Å². The van der Waals surface area contributed by atoms with Crippen LogP contribution in [0.5, 0.6) is 5.75 Å². The fourth-order valence-electron chi connectivity index (χ4n) is 1.21. The summed E-state index contributed by atoms with van der Waals surface area (Å²) in [6.07, 6.45) is -0.786. The number of hydrogen-bond donors (Lipinski definition) is 4. The van der Waals surface area contributed by atoms with Crippen molar-refractivity contribution in [3.63, 3.8) is 0 Å². The van der Waals surface area contributed by atoms with Crippen LogP contribution in [0.4, 0.5) is 0 Å². The molecule has 5 N–H and O–H groups in total. The van der Waals surface area contributed by atoms with Crippen molar-refractivity contribution in [3.8, 4) is 5.75 Å². The lowest BCUT2D eigenvalue weighted by atomic mass is 10.2. The number of nitrogens with two attached hydrogens (primary N) is 1. The Labute approximate surface area is 104 Å². The molecular formula is C11H16N2O3S. The van der Waals surface area contributed by atoms with Gasteiger partial charge in [0.2, 0.25) is 0 Å². The zero-order chi connectivity index (χ0) is 12.8. The Balaban J connectivity index is 2.89. The molecule has 1 rings (SSSR count). The predicted octanol–water partition coefficient (Wildman–Crippen LogP) is 0.425. The summed E-state index contributed by atoms with van der Waals surface area (Å²) in [6.45, 7) is -0.285. The van der Waals surface area contributed by atoms with E-state index in [4.69, 9.17) is 21.0 Å². The summed E-state index contributed by atoms with van der Waals surface area (Å²) in [7, 11) is 1.56. The SMILES string of the molecule is COc1ccc(C(=N)N)c(SCC(O)CO)c1. The second kappa shape index (κ2) is 6.48. The third-order valence-electron chi connectivity index (χ3n) is 2.12. The molecule has 17 heavy (non-hydrogen) atoms. The number of thioether (sulfide) groups is 1. The van der Waals surface area contributed by atoms with Gasteiger partial charge >= 0.3 is 0 Å². The number of aliphatic hydroxyl groups excluding tert-OH is 2. The highest BCUT2D eigenvalue weighted by atomic mass is 32.2. The largest absolute Gasteiger partial charge is 0.497 e. The lowest BCUT2D eigenvalue weighted by Crippen LogP contribution is -2.16. The van der Waals surface area contributed by atoms with Gasteiger partial charge in [-0.2, -0.15) is 0 Å². The van der Waals surface area contributed by atoms with Crippen LogP contribution in [0.3, 0.4) is 0 Å². The quantitative estimate of drug-likeness (QED) is 0.336. The molecule has 0 fully saturated rings. The van der Waals surface area contributed by atoms with E-state index in [-0.39, 0.29) is 12.4 Å². The highest BCUT2D eigenvalue weighted by Crippen LogP contribution is 2.27. The molecule has 0 aliphatic rings. The number of hydrogen-bond acceptors (Lipinski definition) is 5. The summed E-state index contributed by atoms with van der Waals surface area (Å²) in [6, 6.07) is 5.18. The number of methoxy groups -OCH3 is 1. The molecule has 94 valence electrons. The minimum Gasteiger partial charge on any atom is -0.497 e. The zero-order valence-electron chi connectivity index (χ0n) is 9.51. The molecule has 1 unspecified atom stereocenters. The molecule has 1 atom stereocenters. The van der Waals surface area contributed by atoms with Crippen LogP contribution < -0.4 is 10.5 Å². The van der Waals surface area contributed by atoms with Gasteiger partial charge in [-0.1, -0.05) is 0 Å². The summed E-state index contributed by atoms with van der Waals surface area (Å²) >= 11 is 1.33. The molecule has 0 bridgehead atoms. The Morgan fingerprint density at radius 1 is 1.59 bits per heavy atom. The number of nitrogen functional groups attached to an aromatic ring is 1. The molecule has 0 aliphatic heterocycles. The van der Waals surface area contributed by atoms with E-state index in [0.29, 0.717) is 17.1 Å². The van der Waals surface area contributed by atoms with Gasteiger partial charge in [0, 0.05) is 16.2 Å². The molecule has 0 aliphatic carbocycles. The first-order chi connectivity index (χ1) is 8.08. The predicted molar refractivity (Wildman–Crippen MR) is 67.8 cm³/mol. The van der Waals surface area contributed by atoms with E-state index in [1.165, 1.54) is 11.8 Å². The number of benzene rings is 1. The molecule has 0 saturated heterocycles. The first-order valence-electron chi connectivity index (χ1n) is 5.02. The summed E-state index contributed by atoms with van der Waals surface area (Å²) in [5.74, 6) is 0.967. The van der Waals surface area contributed by atoms with E-state index >= 15 is 0 Å². The van der Waals surface area contributed by atoms with E-state index in [2.05, 4.69) is 0 Å². The van der Waals surface area contributed by atoms with E-state index in [9.17, 15) is 5.11 Å². The summed E-state index contributed by atoms with van der Waals surface area (Å²) in [4.78, 5) is 0.754. The van der Waals surface area contributed by atoms with Crippen LogP contribution in [0.15, 0.2) is 23.1 Å². The van der Waals surface area contributed by atoms with Crippen LogP contribution in [0.1, 0.15) is 5.56 Å². The molecule has 0 saturated carbocycles. The van der Waals surface area contributed by atoms with Gasteiger partial charge in [0.05, 0.1) is 19.8 Å². The number of rotatable bonds is 6. The number of aliphatic hydroxyl groups is 2. The number of amidine groups is 1. The minimum atomic E-state index is -0.786. The van der Waals surface area contributed by atoms with Crippen LogP contribution in [-0.2, 0) is 0 Å². The maximum Gasteiger partial charge on any atom is 0.123 e. The molecule has 1 aromatic carbocycles. The van der Waals surface area contributed by atoms with Crippen LogP contribution in [-0.4, -0.2) is 41.6 Å². The molecule has 0 spiro atoms. The maximum absolute atomic E-state index is 9.29. The molecular weight excluding hydrogens is 240 g/mol. The first-order valence-corrected chi connectivity index (χ1v) is 6.01. The van der Waals surface area contributed by atoms with Gasteiger partial charge in [0.15, 0.2) is 0 Å². The smallest absolute Gasteiger partial charge is 0.123 e. The lowest BCUT2D eigenvalue weighted by molar-refractivity contribution is 0.113. The lowest BCUT2D eigenvalue weighted by Gasteiger charge is -2.11. The Kier molecular flexibility index (Phi) is 5.27. The molecule has 1 aromatic rings. The van der Waals surface area contributed by atoms with Crippen molar-refractivity contribution in [1.82, 2.24) is 0 Å². The Bertz CT molecular complexity index is 398.